The number of hydrogen-bond donors (Lipinski definition) is 1. The summed E-state index contributed by atoms with van der Waals surface area (Å²) in [6.45, 7) is 2.60. The Balaban J connectivity index is 1.62. The highest BCUT2D eigenvalue weighted by Crippen LogP contribution is 2.13. The van der Waals surface area contributed by atoms with Crippen LogP contribution >= 0.6 is 0 Å². The standard InChI is InChI=1S/C17H17N3O/c1-13-6-8-15(9-7-13)19-17(21)10-11-20-16-5-3-2-4-14(16)12-18-20/h2-9,12H,10-11H2,1H3,(H,19,21). The predicted octanol–water partition coefficient (Wildman–Crippen LogP) is 3.37. The van der Waals surface area contributed by atoms with Gasteiger partial charge in [-0.15, -0.1) is 0 Å². The summed E-state index contributed by atoms with van der Waals surface area (Å²) in [4.78, 5) is 12.0. The van der Waals surface area contributed by atoms with Gasteiger partial charge in [-0.05, 0) is 25.1 Å². The van der Waals surface area contributed by atoms with Gasteiger partial charge in [0.1, 0.15) is 0 Å². The van der Waals surface area contributed by atoms with Gasteiger partial charge in [-0.2, -0.15) is 5.10 Å². The number of aromatic nitrogens is 2. The summed E-state index contributed by atoms with van der Waals surface area (Å²) in [5, 5.41) is 8.32. The minimum absolute atomic E-state index is 0.00145. The van der Waals surface area contributed by atoms with Gasteiger partial charge in [0.25, 0.3) is 0 Å². The third-order valence-electron chi connectivity index (χ3n) is 3.44. The third kappa shape index (κ3) is 3.11. The van der Waals surface area contributed by atoms with Crippen LogP contribution in [-0.4, -0.2) is 15.7 Å². The van der Waals surface area contributed by atoms with Crippen molar-refractivity contribution in [3.05, 3.63) is 60.3 Å². The summed E-state index contributed by atoms with van der Waals surface area (Å²) in [6, 6.07) is 15.8. The van der Waals surface area contributed by atoms with E-state index in [4.69, 9.17) is 0 Å². The Kier molecular flexibility index (Phi) is 3.69. The number of carbonyl (C=O) groups is 1. The Morgan fingerprint density at radius 1 is 1.14 bits per heavy atom. The van der Waals surface area contributed by atoms with Crippen LogP contribution in [0.3, 0.4) is 0 Å². The molecule has 0 aliphatic heterocycles. The van der Waals surface area contributed by atoms with Crippen molar-refractivity contribution in [1.29, 1.82) is 0 Å². The summed E-state index contributed by atoms with van der Waals surface area (Å²) in [7, 11) is 0. The molecule has 106 valence electrons. The topological polar surface area (TPSA) is 46.9 Å². The quantitative estimate of drug-likeness (QED) is 0.796. The average molecular weight is 279 g/mol. The van der Waals surface area contributed by atoms with Crippen molar-refractivity contribution in [2.75, 3.05) is 5.32 Å². The zero-order valence-corrected chi connectivity index (χ0v) is 11.9. The second kappa shape index (κ2) is 5.79. The Morgan fingerprint density at radius 2 is 1.90 bits per heavy atom. The lowest BCUT2D eigenvalue weighted by Gasteiger charge is -2.06. The van der Waals surface area contributed by atoms with Crippen molar-refractivity contribution in [3.8, 4) is 0 Å². The Labute approximate surface area is 123 Å². The molecule has 2 aromatic carbocycles. The molecule has 0 aliphatic rings. The molecule has 1 aromatic heterocycles. The second-order valence-corrected chi connectivity index (χ2v) is 5.09. The van der Waals surface area contributed by atoms with Crippen LogP contribution in [0.4, 0.5) is 5.69 Å². The molecule has 1 amide bonds. The number of benzene rings is 2. The number of anilines is 1. The van der Waals surface area contributed by atoms with Crippen molar-refractivity contribution in [2.45, 2.75) is 19.9 Å². The maximum Gasteiger partial charge on any atom is 0.226 e. The van der Waals surface area contributed by atoms with Crippen LogP contribution in [0, 0.1) is 6.92 Å². The zero-order chi connectivity index (χ0) is 14.7. The Hall–Kier alpha value is -2.62. The SMILES string of the molecule is Cc1ccc(NC(=O)CCn2ncc3ccccc32)cc1. The van der Waals surface area contributed by atoms with E-state index in [-0.39, 0.29) is 5.91 Å². The molecule has 0 bridgehead atoms. The van der Waals surface area contributed by atoms with Gasteiger partial charge in [-0.3, -0.25) is 9.48 Å². The molecule has 0 aliphatic carbocycles. The summed E-state index contributed by atoms with van der Waals surface area (Å²) < 4.78 is 1.87. The number of fused-ring (bicyclic) bond motifs is 1. The van der Waals surface area contributed by atoms with Crippen molar-refractivity contribution in [3.63, 3.8) is 0 Å². The molecule has 0 saturated carbocycles. The lowest BCUT2D eigenvalue weighted by molar-refractivity contribution is -0.116. The second-order valence-electron chi connectivity index (χ2n) is 5.09. The number of para-hydroxylation sites is 1. The molecule has 0 unspecified atom stereocenters. The van der Waals surface area contributed by atoms with Gasteiger partial charge in [-0.25, -0.2) is 0 Å². The van der Waals surface area contributed by atoms with E-state index >= 15 is 0 Å². The molecule has 0 saturated heterocycles. The van der Waals surface area contributed by atoms with Crippen molar-refractivity contribution in [2.24, 2.45) is 0 Å². The first-order valence-corrected chi connectivity index (χ1v) is 6.99. The van der Waals surface area contributed by atoms with E-state index in [1.54, 1.807) is 0 Å². The summed E-state index contributed by atoms with van der Waals surface area (Å²) in [6.07, 6.45) is 2.23. The maximum atomic E-state index is 12.0. The molecular formula is C17H17N3O. The number of aryl methyl sites for hydroxylation is 2. The van der Waals surface area contributed by atoms with Crippen LogP contribution in [0.25, 0.3) is 10.9 Å². The van der Waals surface area contributed by atoms with Gasteiger partial charge in [0.15, 0.2) is 0 Å². The molecule has 0 fully saturated rings. The van der Waals surface area contributed by atoms with E-state index in [0.717, 1.165) is 16.6 Å². The first-order valence-electron chi connectivity index (χ1n) is 6.99. The van der Waals surface area contributed by atoms with E-state index < -0.39 is 0 Å². The largest absolute Gasteiger partial charge is 0.326 e. The molecule has 0 spiro atoms. The van der Waals surface area contributed by atoms with E-state index in [1.807, 2.05) is 66.3 Å². The highest BCUT2D eigenvalue weighted by molar-refractivity contribution is 5.90. The van der Waals surface area contributed by atoms with Crippen molar-refractivity contribution in [1.82, 2.24) is 9.78 Å². The first-order chi connectivity index (χ1) is 10.2. The fraction of sp³-hybridized carbons (Fsp3) is 0.176. The molecular weight excluding hydrogens is 262 g/mol. The number of hydrogen-bond acceptors (Lipinski definition) is 2. The normalized spacial score (nSPS) is 10.7. The van der Waals surface area contributed by atoms with Gasteiger partial charge in [0.05, 0.1) is 18.3 Å². The predicted molar refractivity (Wildman–Crippen MR) is 84.2 cm³/mol. The van der Waals surface area contributed by atoms with Crippen LogP contribution in [0.5, 0.6) is 0 Å². The van der Waals surface area contributed by atoms with E-state index in [1.165, 1.54) is 5.56 Å². The first kappa shape index (κ1) is 13.4. The van der Waals surface area contributed by atoms with Gasteiger partial charge in [0.2, 0.25) is 5.91 Å². The zero-order valence-electron chi connectivity index (χ0n) is 11.9. The molecule has 4 nitrogen and oxygen atoms in total. The number of carbonyl (C=O) groups excluding carboxylic acids is 1. The lowest BCUT2D eigenvalue weighted by atomic mass is 10.2. The van der Waals surface area contributed by atoms with E-state index in [0.29, 0.717) is 13.0 Å². The maximum absolute atomic E-state index is 12.0. The van der Waals surface area contributed by atoms with Gasteiger partial charge < -0.3 is 5.32 Å². The molecule has 3 rings (SSSR count). The van der Waals surface area contributed by atoms with Crippen molar-refractivity contribution >= 4 is 22.5 Å². The Bertz CT molecular complexity index is 759. The summed E-state index contributed by atoms with van der Waals surface area (Å²) in [5.41, 5.74) is 3.06. The molecule has 21 heavy (non-hydrogen) atoms. The number of nitrogens with one attached hydrogen (secondary N) is 1. The lowest BCUT2D eigenvalue weighted by Crippen LogP contribution is -2.14. The van der Waals surface area contributed by atoms with Crippen LogP contribution in [0.15, 0.2) is 54.7 Å². The fourth-order valence-corrected chi connectivity index (χ4v) is 2.27. The van der Waals surface area contributed by atoms with Crippen LogP contribution in [0.1, 0.15) is 12.0 Å². The highest BCUT2D eigenvalue weighted by Gasteiger charge is 2.06. The summed E-state index contributed by atoms with van der Waals surface area (Å²) in [5.74, 6) is -0.00145. The van der Waals surface area contributed by atoms with Gasteiger partial charge in [-0.1, -0.05) is 35.9 Å². The number of nitrogens with zero attached hydrogens (tertiary/aromatic N) is 2. The van der Waals surface area contributed by atoms with E-state index in [2.05, 4.69) is 10.4 Å². The molecule has 1 heterocycles. The smallest absolute Gasteiger partial charge is 0.226 e. The third-order valence-corrected chi connectivity index (χ3v) is 3.44. The molecule has 4 heteroatoms. The van der Waals surface area contributed by atoms with Gasteiger partial charge in [0, 0.05) is 17.5 Å². The van der Waals surface area contributed by atoms with Crippen LogP contribution < -0.4 is 5.32 Å². The monoisotopic (exact) mass is 279 g/mol. The molecule has 3 aromatic rings. The number of amides is 1. The highest BCUT2D eigenvalue weighted by atomic mass is 16.1. The van der Waals surface area contributed by atoms with E-state index in [9.17, 15) is 4.79 Å². The number of rotatable bonds is 4. The van der Waals surface area contributed by atoms with Crippen LogP contribution in [-0.2, 0) is 11.3 Å². The fourth-order valence-electron chi connectivity index (χ4n) is 2.27. The summed E-state index contributed by atoms with van der Waals surface area (Å²) >= 11 is 0. The molecule has 0 radical (unpaired) electrons. The van der Waals surface area contributed by atoms with Crippen molar-refractivity contribution < 1.29 is 4.79 Å². The molecule has 0 atom stereocenters. The molecule has 1 N–H and O–H groups in total. The van der Waals surface area contributed by atoms with Gasteiger partial charge >= 0.3 is 0 Å². The van der Waals surface area contributed by atoms with Crippen LogP contribution in [0.2, 0.25) is 0 Å². The average Bonchev–Trinajstić information content (AvgIpc) is 2.91. The Morgan fingerprint density at radius 3 is 2.71 bits per heavy atom. The minimum atomic E-state index is -0.00145. The minimum Gasteiger partial charge on any atom is -0.326 e.